The third-order valence-corrected chi connectivity index (χ3v) is 11.0. The predicted molar refractivity (Wildman–Crippen MR) is 158 cm³/mol. The second-order valence-electron chi connectivity index (χ2n) is 12.9. The van der Waals surface area contributed by atoms with Gasteiger partial charge in [-0.2, -0.15) is 15.2 Å². The fourth-order valence-corrected chi connectivity index (χ4v) is 8.52. The summed E-state index contributed by atoms with van der Waals surface area (Å²) in [5, 5.41) is 10.1. The van der Waals surface area contributed by atoms with E-state index in [-0.39, 0.29) is 37.8 Å². The monoisotopic (exact) mass is 626 g/mol. The highest BCUT2D eigenvalue weighted by Gasteiger charge is 2.54. The van der Waals surface area contributed by atoms with Gasteiger partial charge in [-0.25, -0.2) is 13.2 Å². The molecule has 2 aromatic rings. The van der Waals surface area contributed by atoms with Gasteiger partial charge < -0.3 is 14.5 Å². The number of aromatic nitrogens is 2. The Bertz CT molecular complexity index is 1570. The topological polar surface area (TPSA) is 85.6 Å². The Morgan fingerprint density at radius 3 is 2.64 bits per heavy atom. The van der Waals surface area contributed by atoms with Crippen LogP contribution in [0.3, 0.4) is 0 Å². The van der Waals surface area contributed by atoms with E-state index in [2.05, 4.69) is 22.5 Å². The van der Waals surface area contributed by atoms with Crippen molar-refractivity contribution in [3.63, 3.8) is 0 Å². The summed E-state index contributed by atoms with van der Waals surface area (Å²) < 4.78 is 51.4. The molecule has 8 nitrogen and oxygen atoms in total. The maximum atomic E-state index is 17.1. The lowest BCUT2D eigenvalue weighted by molar-refractivity contribution is -0.131. The van der Waals surface area contributed by atoms with Crippen molar-refractivity contribution in [3.8, 4) is 12.1 Å². The molecule has 3 aliphatic heterocycles. The molecule has 1 aromatic heterocycles. The Morgan fingerprint density at radius 1 is 1.14 bits per heavy atom. The van der Waals surface area contributed by atoms with E-state index in [0.717, 1.165) is 24.1 Å². The molecule has 1 amide bonds. The molecule has 0 bridgehead atoms. The third-order valence-electron chi connectivity index (χ3n) is 10.6. The van der Waals surface area contributed by atoms with E-state index in [9.17, 15) is 18.8 Å². The zero-order chi connectivity index (χ0) is 30.8. The first-order valence-electron chi connectivity index (χ1n) is 15.3. The highest BCUT2D eigenvalue weighted by atomic mass is 35.5. The number of alkyl halides is 2. The number of benzene rings is 1. The minimum Gasteiger partial charge on any atom is -0.461 e. The number of nitrogens with zero attached hydrogens (tertiary/aromatic N) is 6. The number of piperazine rings is 1. The van der Waals surface area contributed by atoms with Crippen molar-refractivity contribution in [3.05, 3.63) is 58.0 Å². The molecule has 7 rings (SSSR count). The van der Waals surface area contributed by atoms with Crippen molar-refractivity contribution in [1.82, 2.24) is 19.8 Å². The first kappa shape index (κ1) is 29.4. The maximum Gasteiger partial charge on any atom is 0.318 e. The van der Waals surface area contributed by atoms with E-state index in [4.69, 9.17) is 21.3 Å². The van der Waals surface area contributed by atoms with Gasteiger partial charge in [-0.3, -0.25) is 9.69 Å². The predicted octanol–water partition coefficient (Wildman–Crippen LogP) is 4.95. The summed E-state index contributed by atoms with van der Waals surface area (Å²) in [6.07, 6.45) is 1.17. The van der Waals surface area contributed by atoms with E-state index in [0.29, 0.717) is 61.6 Å². The van der Waals surface area contributed by atoms with E-state index in [1.54, 1.807) is 0 Å². The van der Waals surface area contributed by atoms with Crippen molar-refractivity contribution in [2.45, 2.75) is 74.3 Å². The van der Waals surface area contributed by atoms with Gasteiger partial charge in [0.15, 0.2) is 12.0 Å². The van der Waals surface area contributed by atoms with Gasteiger partial charge in [0.25, 0.3) is 5.91 Å². The molecule has 0 radical (unpaired) electrons. The number of amides is 1. The Morgan fingerprint density at radius 2 is 1.93 bits per heavy atom. The van der Waals surface area contributed by atoms with Gasteiger partial charge >= 0.3 is 6.01 Å². The van der Waals surface area contributed by atoms with Gasteiger partial charge in [0, 0.05) is 55.1 Å². The van der Waals surface area contributed by atoms with Crippen LogP contribution < -0.4 is 9.64 Å². The number of rotatable bonds is 6. The van der Waals surface area contributed by atoms with E-state index < -0.39 is 41.1 Å². The summed E-state index contributed by atoms with van der Waals surface area (Å²) >= 11 is 6.52. The average molecular weight is 627 g/mol. The minimum atomic E-state index is -1.44. The highest BCUT2D eigenvalue weighted by molar-refractivity contribution is 6.31. The summed E-state index contributed by atoms with van der Waals surface area (Å²) in [4.78, 5) is 27.3. The SMILES string of the molecule is C=C(F)C(=O)N1CCN(c2nc(OC[C@]34CCN3C[C@@H](F)C4)nc3c2CC[C@@]2(CCc4c(Cl)cccc42)[C@H]3F)C[C@@H]1CC#N. The van der Waals surface area contributed by atoms with Gasteiger partial charge in [0.1, 0.15) is 18.6 Å². The fourth-order valence-electron chi connectivity index (χ4n) is 8.26. The van der Waals surface area contributed by atoms with Gasteiger partial charge in [-0.05, 0) is 49.3 Å². The molecule has 232 valence electrons. The summed E-state index contributed by atoms with van der Waals surface area (Å²) in [6.45, 7) is 5.18. The minimum absolute atomic E-state index is 0.0126. The normalized spacial score (nSPS) is 30.8. The molecule has 12 heteroatoms. The van der Waals surface area contributed by atoms with Crippen molar-refractivity contribution in [2.75, 3.05) is 44.2 Å². The van der Waals surface area contributed by atoms with Crippen LogP contribution in [0.5, 0.6) is 6.01 Å². The molecule has 5 atom stereocenters. The number of ether oxygens (including phenoxy) is 1. The van der Waals surface area contributed by atoms with Crippen LogP contribution in [0.15, 0.2) is 30.6 Å². The number of anilines is 1. The van der Waals surface area contributed by atoms with Crippen LogP contribution in [-0.2, 0) is 23.1 Å². The Kier molecular flexibility index (Phi) is 7.28. The number of hydrogen-bond donors (Lipinski definition) is 0. The number of hydrogen-bond acceptors (Lipinski definition) is 7. The highest BCUT2D eigenvalue weighted by Crippen LogP contribution is 2.57. The largest absolute Gasteiger partial charge is 0.461 e. The van der Waals surface area contributed by atoms with E-state index in [1.165, 1.54) is 4.90 Å². The Balaban J connectivity index is 1.25. The lowest BCUT2D eigenvalue weighted by Crippen LogP contribution is -2.59. The summed E-state index contributed by atoms with van der Waals surface area (Å²) in [5.74, 6) is -1.42. The average Bonchev–Trinajstić information content (AvgIpc) is 3.49. The molecule has 2 aliphatic carbocycles. The standard InChI is InChI=1S/C32H34ClF3N6O2/c1-19(34)29(43)42-14-13-40(17-21(42)7-11-37)28-23-6-9-32(8-5-22-24(32)3-2-4-25(22)33)27(36)26(23)38-30(39-28)44-18-31-10-12-41(31)16-20(35)15-31/h2-4,20-21,27H,1,5-10,12-18H2/t20-,21-,27-,31+,32+/m0/s1. The smallest absolute Gasteiger partial charge is 0.318 e. The number of fused-ring (bicyclic) bond motifs is 4. The molecule has 3 saturated heterocycles. The molecule has 5 aliphatic rings. The van der Waals surface area contributed by atoms with Gasteiger partial charge in [-0.1, -0.05) is 30.3 Å². The zero-order valence-electron chi connectivity index (χ0n) is 24.4. The number of carbonyl (C=O) groups excluding carboxylic acids is 1. The first-order valence-corrected chi connectivity index (χ1v) is 15.7. The molecule has 4 heterocycles. The molecule has 1 aromatic carbocycles. The molecule has 0 unspecified atom stereocenters. The van der Waals surface area contributed by atoms with Crippen molar-refractivity contribution in [1.29, 1.82) is 5.26 Å². The molecule has 0 N–H and O–H groups in total. The number of halogens is 4. The summed E-state index contributed by atoms with van der Waals surface area (Å²) in [5.41, 5.74) is 1.66. The Labute approximate surface area is 259 Å². The van der Waals surface area contributed by atoms with Crippen LogP contribution in [0.4, 0.5) is 19.0 Å². The molecule has 44 heavy (non-hydrogen) atoms. The summed E-state index contributed by atoms with van der Waals surface area (Å²) in [7, 11) is 0. The van der Waals surface area contributed by atoms with Crippen molar-refractivity contribution in [2.24, 2.45) is 0 Å². The van der Waals surface area contributed by atoms with Crippen LogP contribution in [0.25, 0.3) is 0 Å². The molecule has 3 fully saturated rings. The van der Waals surface area contributed by atoms with Gasteiger partial charge in [0.2, 0.25) is 0 Å². The van der Waals surface area contributed by atoms with E-state index in [1.807, 2.05) is 23.1 Å². The second kappa shape index (κ2) is 10.9. The van der Waals surface area contributed by atoms with Crippen molar-refractivity contribution >= 4 is 23.3 Å². The second-order valence-corrected chi connectivity index (χ2v) is 13.3. The fraction of sp³-hybridized carbons (Fsp3) is 0.562. The van der Waals surface area contributed by atoms with Crippen LogP contribution in [0, 0.1) is 11.3 Å². The van der Waals surface area contributed by atoms with E-state index >= 15 is 4.39 Å². The first-order chi connectivity index (χ1) is 21.2. The number of carbonyl (C=O) groups is 1. The van der Waals surface area contributed by atoms with Crippen LogP contribution in [-0.4, -0.2) is 82.8 Å². The maximum absolute atomic E-state index is 17.1. The molecule has 1 spiro atoms. The van der Waals surface area contributed by atoms with Gasteiger partial charge in [0.05, 0.1) is 29.8 Å². The lowest BCUT2D eigenvalue weighted by Gasteiger charge is -2.47. The van der Waals surface area contributed by atoms with Crippen molar-refractivity contribution < 1.29 is 22.7 Å². The number of nitriles is 1. The molecular weight excluding hydrogens is 593 g/mol. The molecular formula is C32H34ClF3N6O2. The lowest BCUT2D eigenvalue weighted by atomic mass is 9.68. The van der Waals surface area contributed by atoms with Crippen LogP contribution >= 0.6 is 11.6 Å². The van der Waals surface area contributed by atoms with Crippen LogP contribution in [0.1, 0.15) is 60.7 Å². The summed E-state index contributed by atoms with van der Waals surface area (Å²) in [6, 6.07) is 7.18. The molecule has 0 saturated carbocycles. The van der Waals surface area contributed by atoms with Crippen LogP contribution in [0.2, 0.25) is 5.02 Å². The quantitative estimate of drug-likeness (QED) is 0.420. The Hall–Kier alpha value is -3.36. The van der Waals surface area contributed by atoms with Gasteiger partial charge in [-0.15, -0.1) is 0 Å². The zero-order valence-corrected chi connectivity index (χ0v) is 25.1. The third kappa shape index (κ3) is 4.55.